The van der Waals surface area contributed by atoms with Crippen molar-refractivity contribution in [3.8, 4) is 0 Å². The van der Waals surface area contributed by atoms with Crippen molar-refractivity contribution >= 4 is 36.2 Å². The third-order valence-corrected chi connectivity index (χ3v) is 5.15. The molecule has 0 atom stereocenters. The zero-order chi connectivity index (χ0) is 13.7. The van der Waals surface area contributed by atoms with Crippen molar-refractivity contribution in [1.82, 2.24) is 15.2 Å². The van der Waals surface area contributed by atoms with E-state index in [9.17, 15) is 0 Å². The molecule has 0 bridgehead atoms. The smallest absolute Gasteiger partial charge is 0.0954 e. The van der Waals surface area contributed by atoms with Gasteiger partial charge in [-0.25, -0.2) is 4.98 Å². The first-order valence-electron chi connectivity index (χ1n) is 7.50. The van der Waals surface area contributed by atoms with Crippen LogP contribution in [0.15, 0.2) is 5.38 Å². The topological polar surface area (TPSA) is 28.2 Å². The lowest BCUT2D eigenvalue weighted by Crippen LogP contribution is -2.34. The number of rotatable bonds is 6. The minimum Gasteiger partial charge on any atom is -0.320 e. The molecule has 3 nitrogen and oxygen atoms in total. The lowest BCUT2D eigenvalue weighted by molar-refractivity contribution is 0.171. The first kappa shape index (κ1) is 21.1. The molecule has 1 N–H and O–H groups in total. The summed E-state index contributed by atoms with van der Waals surface area (Å²) >= 11 is 1.81. The van der Waals surface area contributed by atoms with E-state index >= 15 is 0 Å². The Bertz CT molecular complexity index is 377. The summed E-state index contributed by atoms with van der Waals surface area (Å²) < 4.78 is 0. The summed E-state index contributed by atoms with van der Waals surface area (Å²) in [5.74, 6) is 1.48. The second-order valence-corrected chi connectivity index (χ2v) is 6.83. The molecule has 21 heavy (non-hydrogen) atoms. The van der Waals surface area contributed by atoms with Crippen LogP contribution in [0.25, 0.3) is 0 Å². The van der Waals surface area contributed by atoms with E-state index in [1.807, 2.05) is 18.4 Å². The van der Waals surface area contributed by atoms with Crippen molar-refractivity contribution in [1.29, 1.82) is 0 Å². The maximum Gasteiger partial charge on any atom is 0.0954 e. The number of thiazole rings is 1. The minimum absolute atomic E-state index is 0. The number of likely N-dealkylation sites (tertiary alicyclic amines) is 1. The number of hydrogen-bond donors (Lipinski definition) is 1. The summed E-state index contributed by atoms with van der Waals surface area (Å²) in [6, 6.07) is 0. The van der Waals surface area contributed by atoms with Crippen LogP contribution in [0.1, 0.15) is 49.7 Å². The lowest BCUT2D eigenvalue weighted by Gasteiger charge is -2.31. The number of nitrogens with one attached hydrogen (secondary N) is 1. The number of aromatic nitrogens is 1. The Balaban J connectivity index is 0.00000200. The summed E-state index contributed by atoms with van der Waals surface area (Å²) in [6.45, 7) is 9.12. The quantitative estimate of drug-likeness (QED) is 0.839. The Morgan fingerprint density at radius 3 is 2.52 bits per heavy atom. The molecule has 0 aromatic carbocycles. The summed E-state index contributed by atoms with van der Waals surface area (Å²) in [6.07, 6.45) is 4.03. The van der Waals surface area contributed by atoms with Gasteiger partial charge in [-0.05, 0) is 51.9 Å². The van der Waals surface area contributed by atoms with E-state index in [1.165, 1.54) is 43.1 Å². The van der Waals surface area contributed by atoms with Gasteiger partial charge in [0.15, 0.2) is 0 Å². The van der Waals surface area contributed by atoms with E-state index in [1.54, 1.807) is 0 Å². The van der Waals surface area contributed by atoms with Crippen LogP contribution >= 0.6 is 36.2 Å². The van der Waals surface area contributed by atoms with Crippen molar-refractivity contribution in [2.75, 3.05) is 26.7 Å². The summed E-state index contributed by atoms with van der Waals surface area (Å²) in [5.41, 5.74) is 1.27. The second kappa shape index (κ2) is 10.8. The van der Waals surface area contributed by atoms with Crippen LogP contribution in [0.5, 0.6) is 0 Å². The van der Waals surface area contributed by atoms with Crippen LogP contribution in [-0.4, -0.2) is 36.6 Å². The monoisotopic (exact) mass is 353 g/mol. The second-order valence-electron chi connectivity index (χ2n) is 5.94. The molecular weight excluding hydrogens is 325 g/mol. The molecule has 1 aromatic heterocycles. The highest BCUT2D eigenvalue weighted by atomic mass is 35.5. The first-order valence-corrected chi connectivity index (χ1v) is 8.38. The Kier molecular flexibility index (Phi) is 10.9. The highest BCUT2D eigenvalue weighted by Crippen LogP contribution is 2.23. The van der Waals surface area contributed by atoms with Gasteiger partial charge in [0.2, 0.25) is 0 Å². The zero-order valence-electron chi connectivity index (χ0n) is 13.3. The van der Waals surface area contributed by atoms with Gasteiger partial charge in [-0.1, -0.05) is 13.8 Å². The number of hydrogen-bond acceptors (Lipinski definition) is 4. The van der Waals surface area contributed by atoms with Gasteiger partial charge in [0.25, 0.3) is 0 Å². The average Bonchev–Trinajstić information content (AvgIpc) is 2.87. The average molecular weight is 354 g/mol. The van der Waals surface area contributed by atoms with Gasteiger partial charge in [-0.3, -0.25) is 4.90 Å². The van der Waals surface area contributed by atoms with Crippen LogP contribution in [0.3, 0.4) is 0 Å². The molecule has 2 heterocycles. The van der Waals surface area contributed by atoms with Gasteiger partial charge in [0.05, 0.1) is 10.7 Å². The number of halogens is 2. The predicted molar refractivity (Wildman–Crippen MR) is 97.2 cm³/mol. The SMILES string of the molecule is CNCCC1CCN(Cc2csc(C(C)C)n2)CC1.Cl.Cl. The maximum absolute atomic E-state index is 4.74. The third-order valence-electron chi connectivity index (χ3n) is 3.96. The molecule has 124 valence electrons. The van der Waals surface area contributed by atoms with E-state index in [0.717, 1.165) is 19.0 Å². The standard InChI is InChI=1S/C15H27N3S.2ClH/c1-12(2)15-17-14(11-19-15)10-18-8-5-13(6-9-18)4-7-16-3;;/h11-13,16H,4-10H2,1-3H3;2*1H. The predicted octanol–water partition coefficient (Wildman–Crippen LogP) is 3.93. The summed E-state index contributed by atoms with van der Waals surface area (Å²) in [5, 5.41) is 6.77. The molecule has 2 rings (SSSR count). The molecule has 0 unspecified atom stereocenters. The fourth-order valence-corrected chi connectivity index (χ4v) is 3.50. The minimum atomic E-state index is 0. The highest BCUT2D eigenvalue weighted by Gasteiger charge is 2.19. The van der Waals surface area contributed by atoms with E-state index in [4.69, 9.17) is 4.98 Å². The Morgan fingerprint density at radius 1 is 1.33 bits per heavy atom. The Labute approximate surface area is 145 Å². The molecule has 0 aliphatic carbocycles. The highest BCUT2D eigenvalue weighted by molar-refractivity contribution is 7.09. The van der Waals surface area contributed by atoms with Gasteiger partial charge in [-0.15, -0.1) is 36.2 Å². The van der Waals surface area contributed by atoms with Crippen molar-refractivity contribution in [2.24, 2.45) is 5.92 Å². The molecule has 0 spiro atoms. The molecule has 0 radical (unpaired) electrons. The van der Waals surface area contributed by atoms with E-state index in [-0.39, 0.29) is 24.8 Å². The van der Waals surface area contributed by atoms with Crippen LogP contribution in [0, 0.1) is 5.92 Å². The van der Waals surface area contributed by atoms with E-state index < -0.39 is 0 Å². The summed E-state index contributed by atoms with van der Waals surface area (Å²) in [4.78, 5) is 7.30. The Hall–Kier alpha value is 0.130. The zero-order valence-corrected chi connectivity index (χ0v) is 15.8. The summed E-state index contributed by atoms with van der Waals surface area (Å²) in [7, 11) is 2.05. The molecule has 0 saturated carbocycles. The molecular formula is C15H29Cl2N3S. The normalized spacial score (nSPS) is 16.6. The van der Waals surface area contributed by atoms with Gasteiger partial charge in [0, 0.05) is 17.8 Å². The van der Waals surface area contributed by atoms with E-state index in [2.05, 4.69) is 29.4 Å². The van der Waals surface area contributed by atoms with Crippen LogP contribution < -0.4 is 5.32 Å². The number of piperidine rings is 1. The van der Waals surface area contributed by atoms with Crippen LogP contribution in [0.2, 0.25) is 0 Å². The molecule has 6 heteroatoms. The fraction of sp³-hybridized carbons (Fsp3) is 0.800. The third kappa shape index (κ3) is 6.83. The van der Waals surface area contributed by atoms with Gasteiger partial charge >= 0.3 is 0 Å². The van der Waals surface area contributed by atoms with Gasteiger partial charge in [0.1, 0.15) is 0 Å². The fourth-order valence-electron chi connectivity index (χ4n) is 2.67. The van der Waals surface area contributed by atoms with Gasteiger partial charge in [-0.2, -0.15) is 0 Å². The molecule has 1 aliphatic heterocycles. The van der Waals surface area contributed by atoms with Crippen LogP contribution in [-0.2, 0) is 6.54 Å². The first-order chi connectivity index (χ1) is 9.19. The molecule has 1 aliphatic rings. The van der Waals surface area contributed by atoms with Crippen molar-refractivity contribution in [3.63, 3.8) is 0 Å². The molecule has 1 fully saturated rings. The maximum atomic E-state index is 4.74. The number of nitrogens with zero attached hydrogens (tertiary/aromatic N) is 2. The molecule has 1 aromatic rings. The van der Waals surface area contributed by atoms with Crippen molar-refractivity contribution in [3.05, 3.63) is 16.1 Å². The Morgan fingerprint density at radius 2 is 2.00 bits per heavy atom. The van der Waals surface area contributed by atoms with E-state index in [0.29, 0.717) is 5.92 Å². The largest absolute Gasteiger partial charge is 0.320 e. The lowest BCUT2D eigenvalue weighted by atomic mass is 9.93. The molecule has 1 saturated heterocycles. The van der Waals surface area contributed by atoms with Crippen molar-refractivity contribution in [2.45, 2.75) is 45.6 Å². The molecule has 0 amide bonds. The van der Waals surface area contributed by atoms with Crippen molar-refractivity contribution < 1.29 is 0 Å². The van der Waals surface area contributed by atoms with Crippen LogP contribution in [0.4, 0.5) is 0 Å². The van der Waals surface area contributed by atoms with Gasteiger partial charge < -0.3 is 5.32 Å².